The maximum Gasteiger partial charge on any atom is 0.260 e. The highest BCUT2D eigenvalue weighted by Gasteiger charge is 2.50. The molecule has 6 rings (SSSR count). The Bertz CT molecular complexity index is 2790. The maximum absolute atomic E-state index is 13.9. The lowest BCUT2D eigenvalue weighted by molar-refractivity contribution is -0.119. The van der Waals surface area contributed by atoms with Gasteiger partial charge in [-0.15, -0.1) is 34.0 Å². The summed E-state index contributed by atoms with van der Waals surface area (Å²) in [6, 6.07) is 28.8. The molecule has 24 heteroatoms. The van der Waals surface area contributed by atoms with Gasteiger partial charge in [0.2, 0.25) is 44.1 Å². The minimum absolute atomic E-state index is 0.0474. The monoisotopic (exact) mass is 1110 g/mol. The number of rotatable bonds is 27. The zero-order valence-electron chi connectivity index (χ0n) is 39.8. The number of benzene rings is 3. The van der Waals surface area contributed by atoms with Gasteiger partial charge in [-0.2, -0.15) is 0 Å². The summed E-state index contributed by atoms with van der Waals surface area (Å²) in [6.45, 7) is 0.842. The molecule has 0 bridgehead atoms. The Morgan fingerprint density at radius 1 is 0.411 bits per heavy atom. The molecule has 0 spiro atoms. The smallest absolute Gasteiger partial charge is 0.260 e. The summed E-state index contributed by atoms with van der Waals surface area (Å²) in [5.74, 6) is -3.36. The summed E-state index contributed by atoms with van der Waals surface area (Å²) in [5.41, 5.74) is 39.4. The number of unbranched alkanes of at least 4 members (excludes halogenated alkanes) is 3. The quantitative estimate of drug-likeness (QED) is 0.0223. The molecular formula is C49H61N9O9S6. The first-order valence-corrected chi connectivity index (χ1v) is 30.3. The fraction of sp³-hybridized carbons (Fsp3) is 0.327. The van der Waals surface area contributed by atoms with E-state index in [2.05, 4.69) is 16.0 Å². The number of hydrogen-bond donors (Lipinski definition) is 9. The Hall–Kier alpha value is -5.22. The van der Waals surface area contributed by atoms with Gasteiger partial charge >= 0.3 is 0 Å². The molecule has 392 valence electrons. The van der Waals surface area contributed by atoms with E-state index in [0.29, 0.717) is 36.0 Å². The van der Waals surface area contributed by atoms with Crippen molar-refractivity contribution in [3.63, 3.8) is 0 Å². The zero-order chi connectivity index (χ0) is 53.1. The van der Waals surface area contributed by atoms with Crippen LogP contribution in [0.15, 0.2) is 138 Å². The largest absolute Gasteiger partial charge is 0.330 e. The Morgan fingerprint density at radius 3 is 0.863 bits per heavy atom. The van der Waals surface area contributed by atoms with E-state index < -0.39 is 67.8 Å². The maximum atomic E-state index is 13.9. The second kappa shape index (κ2) is 24.4. The molecular weight excluding hydrogens is 1050 g/mol. The lowest BCUT2D eigenvalue weighted by atomic mass is 9.85. The van der Waals surface area contributed by atoms with Crippen molar-refractivity contribution < 1.29 is 39.6 Å². The third kappa shape index (κ3) is 12.3. The van der Waals surface area contributed by atoms with Gasteiger partial charge in [-0.25, -0.2) is 25.3 Å². The fourth-order valence-electron chi connectivity index (χ4n) is 8.06. The number of nitrogens with one attached hydrogen (secondary N) is 3. The molecule has 6 aromatic rings. The second-order valence-corrected chi connectivity index (χ2v) is 27.5. The molecule has 15 N–H and O–H groups in total. The van der Waals surface area contributed by atoms with Gasteiger partial charge in [-0.3, -0.25) is 14.4 Å². The van der Waals surface area contributed by atoms with E-state index in [9.17, 15) is 39.6 Å². The second-order valence-electron chi connectivity index (χ2n) is 17.4. The molecule has 0 fully saturated rings. The highest BCUT2D eigenvalue weighted by atomic mass is 32.2. The fourth-order valence-corrected chi connectivity index (χ4v) is 16.7. The predicted octanol–water partition coefficient (Wildman–Crippen LogP) is 5.64. The number of anilines is 3. The van der Waals surface area contributed by atoms with E-state index in [4.69, 9.17) is 34.4 Å². The van der Waals surface area contributed by atoms with Crippen LogP contribution in [0.5, 0.6) is 0 Å². The van der Waals surface area contributed by atoms with E-state index >= 15 is 0 Å². The average molecular weight is 1110 g/mol. The van der Waals surface area contributed by atoms with Crippen LogP contribution in [0.4, 0.5) is 17.1 Å². The lowest BCUT2D eigenvalue weighted by Gasteiger charge is -2.28. The molecule has 0 aliphatic heterocycles. The minimum Gasteiger partial charge on any atom is -0.330 e. The number of thiophene rings is 3. The summed E-state index contributed by atoms with van der Waals surface area (Å²) in [4.78, 5) is 34.9. The first-order chi connectivity index (χ1) is 34.7. The van der Waals surface area contributed by atoms with Crippen LogP contribution >= 0.6 is 34.0 Å². The molecule has 3 aromatic carbocycles. The Morgan fingerprint density at radius 2 is 0.658 bits per heavy atom. The van der Waals surface area contributed by atoms with E-state index in [0.717, 1.165) is 34.0 Å². The first-order valence-electron chi connectivity index (χ1n) is 23.3. The van der Waals surface area contributed by atoms with Gasteiger partial charge < -0.3 is 50.4 Å². The van der Waals surface area contributed by atoms with E-state index in [-0.39, 0.29) is 87.8 Å². The molecule has 18 nitrogen and oxygen atoms in total. The molecule has 0 aliphatic carbocycles. The molecule has 0 radical (unpaired) electrons. The van der Waals surface area contributed by atoms with Gasteiger partial charge in [0, 0.05) is 23.0 Å². The van der Waals surface area contributed by atoms with Crippen molar-refractivity contribution >= 4 is 98.3 Å². The van der Waals surface area contributed by atoms with Crippen LogP contribution in [0.3, 0.4) is 0 Å². The van der Waals surface area contributed by atoms with Crippen LogP contribution in [0.1, 0.15) is 80.4 Å². The molecule has 73 heavy (non-hydrogen) atoms. The van der Waals surface area contributed by atoms with E-state index in [1.165, 1.54) is 18.2 Å². The van der Waals surface area contributed by atoms with Gasteiger partial charge in [0.25, 0.3) is 17.7 Å². The number of carbonyl (C=O) groups is 3. The summed E-state index contributed by atoms with van der Waals surface area (Å²) < 4.78 is 82.8. The minimum atomic E-state index is -4.33. The normalized spacial score (nSPS) is 14.7. The Kier molecular flexibility index (Phi) is 19.1. The van der Waals surface area contributed by atoms with Crippen LogP contribution in [-0.2, 0) is 43.9 Å². The SMILES string of the molecule is NCCCC[C@@](N)(C(=O)Nc1ccc(C(c2ccc(NC(=O)[C@](N)(CCCCN)S(=O)(=O)c3cccs3)cc2)c2ccc(NC(=O)[C@](N)(CCCCN)S(=O)(=O)c3cccs3)cc2)cc1)S(=O)(=O)c1cccs1. The van der Waals surface area contributed by atoms with Crippen LogP contribution in [0.25, 0.3) is 0 Å². The van der Waals surface area contributed by atoms with E-state index in [1.54, 1.807) is 107 Å². The van der Waals surface area contributed by atoms with Gasteiger partial charge in [0.05, 0.1) is 0 Å². The van der Waals surface area contributed by atoms with Crippen LogP contribution in [-0.4, -0.2) is 77.2 Å². The van der Waals surface area contributed by atoms with Crippen molar-refractivity contribution in [3.8, 4) is 0 Å². The van der Waals surface area contributed by atoms with Crippen molar-refractivity contribution in [1.29, 1.82) is 0 Å². The van der Waals surface area contributed by atoms with Crippen molar-refractivity contribution in [3.05, 3.63) is 142 Å². The van der Waals surface area contributed by atoms with Crippen LogP contribution < -0.4 is 50.4 Å². The number of carbonyl (C=O) groups excluding carboxylic acids is 3. The summed E-state index contributed by atoms with van der Waals surface area (Å²) in [7, 11) is -13.0. The summed E-state index contributed by atoms with van der Waals surface area (Å²) in [6.07, 6.45) is 1.64. The third-order valence-corrected chi connectivity index (χ3v) is 23.3. The van der Waals surface area contributed by atoms with Crippen LogP contribution in [0, 0.1) is 0 Å². The Balaban J connectivity index is 1.33. The Labute approximate surface area is 438 Å². The molecule has 0 saturated carbocycles. The molecule has 3 heterocycles. The number of sulfone groups is 3. The molecule has 0 unspecified atom stereocenters. The van der Waals surface area contributed by atoms with Gasteiger partial charge in [0.1, 0.15) is 12.6 Å². The van der Waals surface area contributed by atoms with Gasteiger partial charge in [0.15, 0.2) is 0 Å². The molecule has 0 saturated heterocycles. The van der Waals surface area contributed by atoms with Crippen LogP contribution in [0.2, 0.25) is 0 Å². The lowest BCUT2D eigenvalue weighted by Crippen LogP contribution is -2.57. The average Bonchev–Trinajstić information content (AvgIpc) is 4.22. The van der Waals surface area contributed by atoms with Crippen molar-refractivity contribution in [2.45, 2.75) is 90.9 Å². The molecule has 3 atom stereocenters. The molecule has 0 aliphatic rings. The first kappa shape index (κ1) is 57.1. The highest BCUT2D eigenvalue weighted by Crippen LogP contribution is 2.37. The van der Waals surface area contributed by atoms with Gasteiger partial charge in [-0.05, 0) is 165 Å². The highest BCUT2D eigenvalue weighted by molar-refractivity contribution is 7.96. The van der Waals surface area contributed by atoms with Crippen molar-refractivity contribution in [1.82, 2.24) is 0 Å². The topological polar surface area (TPSA) is 346 Å². The van der Waals surface area contributed by atoms with Gasteiger partial charge in [-0.1, -0.05) is 54.6 Å². The third-order valence-electron chi connectivity index (χ3n) is 12.4. The number of amides is 3. The van der Waals surface area contributed by atoms with Crippen molar-refractivity contribution in [2.24, 2.45) is 34.4 Å². The van der Waals surface area contributed by atoms with E-state index in [1.807, 2.05) is 0 Å². The number of nitrogens with two attached hydrogens (primary N) is 6. The number of hydrogen-bond acceptors (Lipinski definition) is 18. The molecule has 3 aromatic heterocycles. The molecule has 3 amide bonds. The zero-order valence-corrected chi connectivity index (χ0v) is 44.7. The van der Waals surface area contributed by atoms with Crippen molar-refractivity contribution in [2.75, 3.05) is 35.6 Å². The standard InChI is InChI=1S/C49H61N9O9S6/c50-28-4-1-25-47(53,71(62,63)40-10-7-31-68-40)44(59)56-37-19-13-34(14-20-37)43(35-15-21-38(22-16-35)57-45(60)48(54,26-2-5-29-51)72(64,65)41-11-8-32-69-41)36-17-23-39(24-18-36)58-46(61)49(55,27-3-6-30-52)73(66,67)42-12-9-33-70-42/h7-24,31-33,43H,1-6,25-30,50-55H2,(H,56,59)(H,57,60)(H,58,61)/t47-,48-,49-/m0/s1. The summed E-state index contributed by atoms with van der Waals surface area (Å²) in [5, 5.41) is 12.9. The predicted molar refractivity (Wildman–Crippen MR) is 290 cm³/mol. The summed E-state index contributed by atoms with van der Waals surface area (Å²) >= 11 is 2.87.